The molecule has 8 heteroatoms. The van der Waals surface area contributed by atoms with Gasteiger partial charge in [-0.2, -0.15) is 14.9 Å². The van der Waals surface area contributed by atoms with Crippen molar-refractivity contribution in [1.82, 2.24) is 29.5 Å². The Kier molecular flexibility index (Phi) is 4.62. The highest BCUT2D eigenvalue weighted by molar-refractivity contribution is 5.91. The number of hydrogen-bond donors (Lipinski definition) is 1. The lowest BCUT2D eigenvalue weighted by atomic mass is 9.92. The van der Waals surface area contributed by atoms with E-state index in [2.05, 4.69) is 25.5 Å². The van der Waals surface area contributed by atoms with Crippen LogP contribution in [0.5, 0.6) is 0 Å². The minimum atomic E-state index is -0.108. The number of para-hydroxylation sites is 1. The number of nitrogens with one attached hydrogen (secondary N) is 1. The van der Waals surface area contributed by atoms with Gasteiger partial charge in [-0.3, -0.25) is 4.79 Å². The zero-order valence-corrected chi connectivity index (χ0v) is 16.9. The normalized spacial score (nSPS) is 11.7. The second-order valence-corrected chi connectivity index (χ2v) is 8.19. The van der Waals surface area contributed by atoms with E-state index in [1.807, 2.05) is 64.1 Å². The van der Waals surface area contributed by atoms with Crippen molar-refractivity contribution < 1.29 is 4.79 Å². The molecule has 0 bridgehead atoms. The minimum absolute atomic E-state index is 0.0658. The van der Waals surface area contributed by atoms with E-state index in [0.29, 0.717) is 23.7 Å². The predicted molar refractivity (Wildman–Crippen MR) is 111 cm³/mol. The Morgan fingerprint density at radius 3 is 2.59 bits per heavy atom. The second kappa shape index (κ2) is 7.12. The molecule has 8 nitrogen and oxygen atoms in total. The van der Waals surface area contributed by atoms with E-state index in [4.69, 9.17) is 0 Å². The molecule has 0 saturated carbocycles. The lowest BCUT2D eigenvalue weighted by Crippen LogP contribution is -2.21. The van der Waals surface area contributed by atoms with E-state index in [0.717, 1.165) is 16.8 Å². The van der Waals surface area contributed by atoms with E-state index in [1.54, 1.807) is 15.6 Å². The minimum Gasteiger partial charge on any atom is -0.311 e. The zero-order valence-electron chi connectivity index (χ0n) is 16.9. The first kappa shape index (κ1) is 18.8. The summed E-state index contributed by atoms with van der Waals surface area (Å²) in [6.45, 7) is 7.96. The monoisotopic (exact) mass is 389 g/mol. The number of fused-ring (bicyclic) bond motifs is 1. The predicted octanol–water partition coefficient (Wildman–Crippen LogP) is 3.68. The highest BCUT2D eigenvalue weighted by Crippen LogP contribution is 2.25. The second-order valence-electron chi connectivity index (χ2n) is 8.19. The first-order valence-electron chi connectivity index (χ1n) is 9.43. The van der Waals surface area contributed by atoms with E-state index < -0.39 is 0 Å². The molecule has 0 saturated heterocycles. The van der Waals surface area contributed by atoms with Gasteiger partial charge in [0.1, 0.15) is 12.1 Å². The molecule has 0 fully saturated rings. The van der Waals surface area contributed by atoms with E-state index in [-0.39, 0.29) is 11.3 Å². The van der Waals surface area contributed by atoms with Gasteiger partial charge in [0.15, 0.2) is 11.5 Å². The van der Waals surface area contributed by atoms with Gasteiger partial charge < -0.3 is 5.32 Å². The zero-order chi connectivity index (χ0) is 20.6. The molecule has 29 heavy (non-hydrogen) atoms. The molecule has 3 aromatic heterocycles. The summed E-state index contributed by atoms with van der Waals surface area (Å²) >= 11 is 0. The molecule has 4 rings (SSSR count). The first-order chi connectivity index (χ1) is 13.8. The van der Waals surface area contributed by atoms with Crippen molar-refractivity contribution in [2.75, 3.05) is 5.32 Å². The Labute approximate surface area is 168 Å². The number of aromatic nitrogens is 6. The smallest absolute Gasteiger partial charge is 0.226 e. The molecular formula is C21H23N7O. The number of amides is 1. The van der Waals surface area contributed by atoms with Gasteiger partial charge in [0.2, 0.25) is 5.91 Å². The fraction of sp³-hybridized carbons (Fsp3) is 0.286. The van der Waals surface area contributed by atoms with Crippen molar-refractivity contribution >= 4 is 22.8 Å². The third-order valence-corrected chi connectivity index (χ3v) is 4.34. The summed E-state index contributed by atoms with van der Waals surface area (Å²) < 4.78 is 3.39. The summed E-state index contributed by atoms with van der Waals surface area (Å²) in [4.78, 5) is 21.3. The topological polar surface area (TPSA) is 90.5 Å². The largest absolute Gasteiger partial charge is 0.311 e. The molecule has 0 aliphatic heterocycles. The van der Waals surface area contributed by atoms with Gasteiger partial charge in [-0.25, -0.2) is 14.6 Å². The van der Waals surface area contributed by atoms with Crippen LogP contribution in [-0.2, 0) is 4.79 Å². The van der Waals surface area contributed by atoms with E-state index in [9.17, 15) is 4.79 Å². The SMILES string of the molecule is Cc1cc(NC(=O)CC(C)(C)C)n(-c2ncnc3c2cnn3-c2ccccc2)n1. The molecule has 1 N–H and O–H groups in total. The van der Waals surface area contributed by atoms with Gasteiger partial charge in [0.05, 0.1) is 23.0 Å². The van der Waals surface area contributed by atoms with Gasteiger partial charge in [0.25, 0.3) is 0 Å². The lowest BCUT2D eigenvalue weighted by molar-refractivity contribution is -0.117. The molecule has 0 radical (unpaired) electrons. The third-order valence-electron chi connectivity index (χ3n) is 4.34. The number of anilines is 1. The lowest BCUT2D eigenvalue weighted by Gasteiger charge is -2.17. The third kappa shape index (κ3) is 3.87. The van der Waals surface area contributed by atoms with Crippen LogP contribution in [0.2, 0.25) is 0 Å². The quantitative estimate of drug-likeness (QED) is 0.575. The number of nitrogens with zero attached hydrogens (tertiary/aromatic N) is 6. The van der Waals surface area contributed by atoms with E-state index in [1.165, 1.54) is 6.33 Å². The van der Waals surface area contributed by atoms with Crippen LogP contribution < -0.4 is 5.32 Å². The van der Waals surface area contributed by atoms with Gasteiger partial charge >= 0.3 is 0 Å². The van der Waals surface area contributed by atoms with Crippen LogP contribution >= 0.6 is 0 Å². The number of aryl methyl sites for hydroxylation is 1. The Morgan fingerprint density at radius 2 is 1.86 bits per heavy atom. The fourth-order valence-electron chi connectivity index (χ4n) is 3.18. The van der Waals surface area contributed by atoms with Crippen LogP contribution in [0.25, 0.3) is 22.5 Å². The maximum Gasteiger partial charge on any atom is 0.226 e. The van der Waals surface area contributed by atoms with Crippen LogP contribution in [0.1, 0.15) is 32.9 Å². The number of benzene rings is 1. The van der Waals surface area contributed by atoms with Crippen LogP contribution in [0.3, 0.4) is 0 Å². The maximum absolute atomic E-state index is 12.5. The molecule has 148 valence electrons. The van der Waals surface area contributed by atoms with Gasteiger partial charge in [0, 0.05) is 12.5 Å². The molecule has 0 unspecified atom stereocenters. The van der Waals surface area contributed by atoms with Crippen molar-refractivity contribution in [3.8, 4) is 11.5 Å². The number of hydrogen-bond acceptors (Lipinski definition) is 5. The summed E-state index contributed by atoms with van der Waals surface area (Å²) in [5.74, 6) is 1.07. The Morgan fingerprint density at radius 1 is 1.10 bits per heavy atom. The van der Waals surface area contributed by atoms with Crippen molar-refractivity contribution in [2.45, 2.75) is 34.1 Å². The number of carbonyl (C=O) groups excluding carboxylic acids is 1. The maximum atomic E-state index is 12.5. The molecule has 4 aromatic rings. The highest BCUT2D eigenvalue weighted by atomic mass is 16.1. The molecule has 3 heterocycles. The van der Waals surface area contributed by atoms with Crippen molar-refractivity contribution in [3.05, 3.63) is 54.6 Å². The molecular weight excluding hydrogens is 366 g/mol. The average Bonchev–Trinajstić information content (AvgIpc) is 3.24. The number of carbonyl (C=O) groups is 1. The molecule has 1 amide bonds. The Bertz CT molecular complexity index is 1170. The van der Waals surface area contributed by atoms with Crippen LogP contribution in [0.4, 0.5) is 5.82 Å². The molecule has 0 spiro atoms. The number of rotatable bonds is 4. The standard InChI is InChI=1S/C21H23N7O/c1-14-10-17(25-18(29)11-21(2,3)4)28(26-14)20-16-12-24-27(19(16)22-13-23-20)15-8-6-5-7-9-15/h5-10,12-13H,11H2,1-4H3,(H,25,29). The van der Waals surface area contributed by atoms with Gasteiger partial charge in [-0.05, 0) is 24.5 Å². The van der Waals surface area contributed by atoms with Crippen LogP contribution in [0, 0.1) is 12.3 Å². The first-order valence-corrected chi connectivity index (χ1v) is 9.43. The van der Waals surface area contributed by atoms with Crippen molar-refractivity contribution in [2.24, 2.45) is 5.41 Å². The van der Waals surface area contributed by atoms with Crippen molar-refractivity contribution in [1.29, 1.82) is 0 Å². The Hall–Kier alpha value is -3.55. The fourth-order valence-corrected chi connectivity index (χ4v) is 3.18. The van der Waals surface area contributed by atoms with E-state index >= 15 is 0 Å². The molecule has 0 atom stereocenters. The summed E-state index contributed by atoms with van der Waals surface area (Å²) in [6, 6.07) is 11.6. The average molecular weight is 389 g/mol. The van der Waals surface area contributed by atoms with Crippen LogP contribution in [-0.4, -0.2) is 35.4 Å². The van der Waals surface area contributed by atoms with Crippen molar-refractivity contribution in [3.63, 3.8) is 0 Å². The Balaban J connectivity index is 1.76. The van der Waals surface area contributed by atoms with Crippen LogP contribution in [0.15, 0.2) is 48.9 Å². The summed E-state index contributed by atoms with van der Waals surface area (Å²) in [5.41, 5.74) is 2.24. The summed E-state index contributed by atoms with van der Waals surface area (Å²) in [7, 11) is 0. The van der Waals surface area contributed by atoms with Gasteiger partial charge in [-0.1, -0.05) is 39.0 Å². The highest BCUT2D eigenvalue weighted by Gasteiger charge is 2.20. The summed E-state index contributed by atoms with van der Waals surface area (Å²) in [5, 5.41) is 12.7. The summed E-state index contributed by atoms with van der Waals surface area (Å²) in [6.07, 6.45) is 3.61. The molecule has 1 aromatic carbocycles. The van der Waals surface area contributed by atoms with Gasteiger partial charge in [-0.15, -0.1) is 0 Å². The molecule has 0 aliphatic carbocycles. The molecule has 0 aliphatic rings.